The zero-order chi connectivity index (χ0) is 19.6. The van der Waals surface area contributed by atoms with Crippen LogP contribution in [0.15, 0.2) is 42.5 Å². The van der Waals surface area contributed by atoms with E-state index in [-0.39, 0.29) is 17.5 Å². The second kappa shape index (κ2) is 7.56. The molecule has 0 radical (unpaired) electrons. The number of urea groups is 1. The second-order valence-electron chi connectivity index (χ2n) is 7.77. The number of nitrogens with one attached hydrogen (secondary N) is 1. The van der Waals surface area contributed by atoms with Crippen LogP contribution in [0.1, 0.15) is 31.1 Å². The number of anilines is 1. The summed E-state index contributed by atoms with van der Waals surface area (Å²) in [5, 5.41) is 3.10. The zero-order valence-electron chi connectivity index (χ0n) is 16.7. The molecule has 0 bridgehead atoms. The van der Waals surface area contributed by atoms with E-state index >= 15 is 0 Å². The zero-order valence-corrected chi connectivity index (χ0v) is 16.7. The highest BCUT2D eigenvalue weighted by atomic mass is 16.5. The predicted molar refractivity (Wildman–Crippen MR) is 107 cm³/mol. The van der Waals surface area contributed by atoms with E-state index in [0.717, 1.165) is 11.4 Å². The summed E-state index contributed by atoms with van der Waals surface area (Å²) in [6.07, 6.45) is 0. The number of benzene rings is 1. The summed E-state index contributed by atoms with van der Waals surface area (Å²) in [6, 6.07) is 13.9. The molecule has 1 N–H and O–H groups in total. The fourth-order valence-corrected chi connectivity index (χ4v) is 3.55. The highest BCUT2D eigenvalue weighted by Gasteiger charge is 2.40. The van der Waals surface area contributed by atoms with E-state index < -0.39 is 0 Å². The molecule has 6 heteroatoms. The Labute approximate surface area is 161 Å². The van der Waals surface area contributed by atoms with Crippen LogP contribution in [0.2, 0.25) is 0 Å². The molecule has 1 aromatic heterocycles. The molecule has 1 aliphatic rings. The summed E-state index contributed by atoms with van der Waals surface area (Å²) < 4.78 is 5.25. The van der Waals surface area contributed by atoms with E-state index in [0.29, 0.717) is 19.0 Å². The number of carbonyl (C=O) groups excluding carboxylic acids is 1. The van der Waals surface area contributed by atoms with Crippen LogP contribution in [0.3, 0.4) is 0 Å². The SMILES string of the molecule is COc1ccc2c(n1)C(C)(C)CN2C(=O)NCC(c1ccccc1)N(C)C. The fourth-order valence-electron chi connectivity index (χ4n) is 3.55. The molecule has 3 rings (SSSR count). The summed E-state index contributed by atoms with van der Waals surface area (Å²) >= 11 is 0. The first kappa shape index (κ1) is 19.2. The third-order valence-electron chi connectivity index (χ3n) is 5.04. The molecule has 0 saturated heterocycles. The van der Waals surface area contributed by atoms with Crippen LogP contribution in [0.25, 0.3) is 0 Å². The molecular weight excluding hydrogens is 340 g/mol. The fraction of sp³-hybridized carbons (Fsp3) is 0.429. The molecule has 0 spiro atoms. The molecule has 2 amide bonds. The lowest BCUT2D eigenvalue weighted by Crippen LogP contribution is -2.44. The maximum absolute atomic E-state index is 12.9. The summed E-state index contributed by atoms with van der Waals surface area (Å²) in [6.45, 7) is 5.31. The van der Waals surface area contributed by atoms with Crippen molar-refractivity contribution < 1.29 is 9.53 Å². The van der Waals surface area contributed by atoms with Gasteiger partial charge in [0, 0.05) is 24.6 Å². The van der Waals surface area contributed by atoms with E-state index in [9.17, 15) is 4.79 Å². The topological polar surface area (TPSA) is 57.7 Å². The van der Waals surface area contributed by atoms with Gasteiger partial charge in [0.2, 0.25) is 5.88 Å². The van der Waals surface area contributed by atoms with E-state index in [4.69, 9.17) is 4.74 Å². The Bertz CT molecular complexity index is 805. The molecule has 6 nitrogen and oxygen atoms in total. The van der Waals surface area contributed by atoms with Gasteiger partial charge in [0.1, 0.15) is 0 Å². The lowest BCUT2D eigenvalue weighted by atomic mass is 9.91. The summed E-state index contributed by atoms with van der Waals surface area (Å²) in [4.78, 5) is 21.4. The lowest BCUT2D eigenvalue weighted by molar-refractivity contribution is 0.237. The maximum atomic E-state index is 12.9. The van der Waals surface area contributed by atoms with Gasteiger partial charge in [0.15, 0.2) is 0 Å². The molecule has 0 aliphatic carbocycles. The molecule has 0 saturated carbocycles. The third-order valence-corrected chi connectivity index (χ3v) is 5.04. The van der Waals surface area contributed by atoms with E-state index in [2.05, 4.69) is 41.2 Å². The van der Waals surface area contributed by atoms with Gasteiger partial charge < -0.3 is 15.0 Å². The number of aromatic nitrogens is 1. The predicted octanol–water partition coefficient (Wildman–Crippen LogP) is 3.20. The number of ether oxygens (including phenoxy) is 1. The third kappa shape index (κ3) is 3.90. The molecular formula is C21H28N4O2. The van der Waals surface area contributed by atoms with Crippen molar-refractivity contribution in [3.05, 3.63) is 53.7 Å². The standard InChI is InChI=1S/C21H28N4O2/c1-21(2)14-25(16-11-12-18(27-5)23-19(16)21)20(26)22-13-17(24(3)4)15-9-7-6-8-10-15/h6-12,17H,13-14H2,1-5H3,(H,22,26). The van der Waals surface area contributed by atoms with Crippen molar-refractivity contribution in [1.82, 2.24) is 15.2 Å². The van der Waals surface area contributed by atoms with Gasteiger partial charge >= 0.3 is 6.03 Å². The molecule has 2 heterocycles. The Morgan fingerprint density at radius 2 is 1.96 bits per heavy atom. The lowest BCUT2D eigenvalue weighted by Gasteiger charge is -2.27. The highest BCUT2D eigenvalue weighted by Crippen LogP contribution is 2.40. The van der Waals surface area contributed by atoms with Crippen molar-refractivity contribution >= 4 is 11.7 Å². The smallest absolute Gasteiger partial charge is 0.322 e. The van der Waals surface area contributed by atoms with Gasteiger partial charge in [-0.05, 0) is 25.7 Å². The first-order valence-corrected chi connectivity index (χ1v) is 9.16. The minimum Gasteiger partial charge on any atom is -0.481 e. The van der Waals surface area contributed by atoms with Gasteiger partial charge in [-0.25, -0.2) is 9.78 Å². The Kier molecular flexibility index (Phi) is 5.37. The quantitative estimate of drug-likeness (QED) is 0.881. The number of pyridine rings is 1. The molecule has 1 aliphatic heterocycles. The van der Waals surface area contributed by atoms with Crippen LogP contribution in [-0.2, 0) is 5.41 Å². The van der Waals surface area contributed by atoms with E-state index in [1.54, 1.807) is 18.1 Å². The average molecular weight is 368 g/mol. The molecule has 1 unspecified atom stereocenters. The number of fused-ring (bicyclic) bond motifs is 1. The van der Waals surface area contributed by atoms with Crippen molar-refractivity contribution in [2.75, 3.05) is 39.2 Å². The van der Waals surface area contributed by atoms with Gasteiger partial charge in [-0.3, -0.25) is 4.90 Å². The molecule has 1 aromatic carbocycles. The van der Waals surface area contributed by atoms with Gasteiger partial charge in [-0.2, -0.15) is 0 Å². The number of rotatable bonds is 5. The number of carbonyl (C=O) groups is 1. The monoisotopic (exact) mass is 368 g/mol. The summed E-state index contributed by atoms with van der Waals surface area (Å²) in [5.74, 6) is 0.570. The highest BCUT2D eigenvalue weighted by molar-refractivity contribution is 5.94. The number of nitrogens with zero attached hydrogens (tertiary/aromatic N) is 3. The Morgan fingerprint density at radius 3 is 2.59 bits per heavy atom. The first-order chi connectivity index (χ1) is 12.8. The molecule has 144 valence electrons. The minimum absolute atomic E-state index is 0.100. The Morgan fingerprint density at radius 1 is 1.26 bits per heavy atom. The molecule has 1 atom stereocenters. The molecule has 0 fully saturated rings. The summed E-state index contributed by atoms with van der Waals surface area (Å²) in [5.41, 5.74) is 2.70. The van der Waals surface area contributed by atoms with E-state index in [1.807, 2.05) is 38.4 Å². The van der Waals surface area contributed by atoms with Crippen molar-refractivity contribution in [3.8, 4) is 5.88 Å². The van der Waals surface area contributed by atoms with Crippen LogP contribution in [0, 0.1) is 0 Å². The van der Waals surface area contributed by atoms with Crippen LogP contribution < -0.4 is 15.0 Å². The van der Waals surface area contributed by atoms with Gasteiger partial charge in [-0.1, -0.05) is 44.2 Å². The Hall–Kier alpha value is -2.60. The number of methoxy groups -OCH3 is 1. The van der Waals surface area contributed by atoms with Gasteiger partial charge in [0.05, 0.1) is 24.5 Å². The summed E-state index contributed by atoms with van der Waals surface area (Å²) in [7, 11) is 5.65. The average Bonchev–Trinajstić information content (AvgIpc) is 2.93. The molecule has 27 heavy (non-hydrogen) atoms. The number of hydrogen-bond acceptors (Lipinski definition) is 4. The van der Waals surface area contributed by atoms with Crippen LogP contribution in [0.4, 0.5) is 10.5 Å². The van der Waals surface area contributed by atoms with Crippen molar-refractivity contribution in [2.24, 2.45) is 0 Å². The van der Waals surface area contributed by atoms with E-state index in [1.165, 1.54) is 5.56 Å². The van der Waals surface area contributed by atoms with Gasteiger partial charge in [0.25, 0.3) is 0 Å². The largest absolute Gasteiger partial charge is 0.481 e. The number of likely N-dealkylation sites (N-methyl/N-ethyl adjacent to an activating group) is 1. The van der Waals surface area contributed by atoms with Crippen LogP contribution in [0.5, 0.6) is 5.88 Å². The van der Waals surface area contributed by atoms with Crippen LogP contribution in [-0.4, -0.2) is 50.2 Å². The maximum Gasteiger partial charge on any atom is 0.322 e. The normalized spacial score (nSPS) is 16.1. The van der Waals surface area contributed by atoms with Crippen molar-refractivity contribution in [2.45, 2.75) is 25.3 Å². The minimum atomic E-state index is -0.221. The molecule has 2 aromatic rings. The second-order valence-corrected chi connectivity index (χ2v) is 7.77. The van der Waals surface area contributed by atoms with Crippen molar-refractivity contribution in [3.63, 3.8) is 0 Å². The Balaban J connectivity index is 1.76. The van der Waals surface area contributed by atoms with Crippen LogP contribution >= 0.6 is 0 Å². The first-order valence-electron chi connectivity index (χ1n) is 9.16. The van der Waals surface area contributed by atoms with Crippen molar-refractivity contribution in [1.29, 1.82) is 0 Å². The van der Waals surface area contributed by atoms with Gasteiger partial charge in [-0.15, -0.1) is 0 Å². The number of hydrogen-bond donors (Lipinski definition) is 1. The number of amides is 2.